The fourth-order valence-electron chi connectivity index (χ4n) is 1.54. The van der Waals surface area contributed by atoms with E-state index < -0.39 is 18.1 Å². The van der Waals surface area contributed by atoms with Crippen molar-refractivity contribution in [3.05, 3.63) is 29.8 Å². The minimum absolute atomic E-state index is 0.0903. The van der Waals surface area contributed by atoms with Crippen molar-refractivity contribution < 1.29 is 18.3 Å². The Hall–Kier alpha value is -0.690. The smallest absolute Gasteiger partial charge is 0.387 e. The molecule has 0 aliphatic rings. The van der Waals surface area contributed by atoms with E-state index in [0.717, 1.165) is 0 Å². The van der Waals surface area contributed by atoms with Gasteiger partial charge in [0.1, 0.15) is 5.75 Å². The summed E-state index contributed by atoms with van der Waals surface area (Å²) < 4.78 is 29.0. The van der Waals surface area contributed by atoms with Crippen molar-refractivity contribution in [2.45, 2.75) is 25.5 Å². The minimum atomic E-state index is -2.97. The lowest BCUT2D eigenvalue weighted by Gasteiger charge is -2.30. The number of carbonyl (C=O) groups excluding carboxylic acids is 1. The Kier molecular flexibility index (Phi) is 6.88. The van der Waals surface area contributed by atoms with Crippen molar-refractivity contribution in [3.8, 4) is 5.75 Å². The van der Waals surface area contributed by atoms with Crippen LogP contribution in [0.5, 0.6) is 5.75 Å². The Morgan fingerprint density at radius 3 is 2.45 bits per heavy atom. The summed E-state index contributed by atoms with van der Waals surface area (Å²) in [6.45, 7) is -1.03. The van der Waals surface area contributed by atoms with E-state index in [0.29, 0.717) is 17.1 Å². The number of rotatable bonds is 7. The molecule has 1 amide bonds. The molecule has 0 saturated heterocycles. The molecule has 20 heavy (non-hydrogen) atoms. The second kappa shape index (κ2) is 7.93. The quantitative estimate of drug-likeness (QED) is 0.686. The van der Waals surface area contributed by atoms with Gasteiger partial charge in [-0.3, -0.25) is 4.79 Å². The van der Waals surface area contributed by atoms with E-state index >= 15 is 0 Å². The van der Waals surface area contributed by atoms with E-state index in [-0.39, 0.29) is 11.3 Å². The van der Waals surface area contributed by atoms with E-state index in [1.807, 2.05) is 6.92 Å². The Morgan fingerprint density at radius 1 is 1.35 bits per heavy atom. The summed E-state index contributed by atoms with van der Waals surface area (Å²) in [5, 5.41) is 3.95. The van der Waals surface area contributed by atoms with E-state index in [4.69, 9.17) is 0 Å². The van der Waals surface area contributed by atoms with Crippen molar-refractivity contribution in [2.24, 2.45) is 0 Å². The molecule has 0 aromatic heterocycles. The second-order valence-corrected chi connectivity index (χ2v) is 5.35. The highest BCUT2D eigenvalue weighted by Crippen LogP contribution is 2.23. The van der Waals surface area contributed by atoms with Gasteiger partial charge in [0.25, 0.3) is 5.91 Å². The van der Waals surface area contributed by atoms with Crippen LogP contribution in [0.2, 0.25) is 0 Å². The Balaban J connectivity index is 2.97. The molecule has 0 fully saturated rings. The normalized spacial score (nSPS) is 11.5. The third-order valence-electron chi connectivity index (χ3n) is 2.91. The van der Waals surface area contributed by atoms with Crippen LogP contribution < -0.4 is 10.1 Å². The van der Waals surface area contributed by atoms with Crippen LogP contribution in [-0.2, 0) is 0 Å². The van der Waals surface area contributed by atoms with Crippen molar-refractivity contribution >= 4 is 37.8 Å². The monoisotopic (exact) mass is 413 g/mol. The molecule has 0 saturated carbocycles. The van der Waals surface area contributed by atoms with Gasteiger partial charge in [-0.15, -0.1) is 0 Å². The number of para-hydroxylation sites is 1. The average molecular weight is 415 g/mol. The fourth-order valence-corrected chi connectivity index (χ4v) is 3.54. The lowest BCUT2D eigenvalue weighted by atomic mass is 10.0. The first-order valence-electron chi connectivity index (χ1n) is 5.96. The van der Waals surface area contributed by atoms with Crippen LogP contribution in [0, 0.1) is 0 Å². The van der Waals surface area contributed by atoms with Gasteiger partial charge in [-0.1, -0.05) is 50.9 Å². The number of hydrogen-bond donors (Lipinski definition) is 1. The van der Waals surface area contributed by atoms with Crippen LogP contribution in [0.25, 0.3) is 0 Å². The summed E-state index contributed by atoms with van der Waals surface area (Å²) in [6, 6.07) is 5.94. The first-order chi connectivity index (χ1) is 9.48. The lowest BCUT2D eigenvalue weighted by Crippen LogP contribution is -2.51. The van der Waals surface area contributed by atoms with Crippen molar-refractivity contribution in [2.75, 3.05) is 10.7 Å². The van der Waals surface area contributed by atoms with Crippen LogP contribution in [0.4, 0.5) is 8.78 Å². The molecular weight excluding hydrogens is 400 g/mol. The number of nitrogens with one attached hydrogen (secondary N) is 1. The van der Waals surface area contributed by atoms with E-state index in [2.05, 4.69) is 41.9 Å². The molecule has 0 bridgehead atoms. The molecule has 3 nitrogen and oxygen atoms in total. The highest BCUT2D eigenvalue weighted by Gasteiger charge is 2.29. The summed E-state index contributed by atoms with van der Waals surface area (Å²) >= 11 is 6.71. The molecular formula is C13H15Br2F2NO2. The lowest BCUT2D eigenvalue weighted by molar-refractivity contribution is -0.0501. The molecule has 0 heterocycles. The molecule has 0 atom stereocenters. The fraction of sp³-hybridized carbons (Fsp3) is 0.462. The maximum Gasteiger partial charge on any atom is 0.387 e. The summed E-state index contributed by atoms with van der Waals surface area (Å²) in [5.74, 6) is -0.573. The van der Waals surface area contributed by atoms with Crippen molar-refractivity contribution in [1.29, 1.82) is 0 Å². The first-order valence-corrected chi connectivity index (χ1v) is 8.20. The zero-order valence-electron chi connectivity index (χ0n) is 10.8. The van der Waals surface area contributed by atoms with Gasteiger partial charge < -0.3 is 10.1 Å². The second-order valence-electron chi connectivity index (χ2n) is 4.23. The Morgan fingerprint density at radius 2 is 1.95 bits per heavy atom. The predicted octanol–water partition coefficient (Wildman–Crippen LogP) is 3.96. The molecule has 1 N–H and O–H groups in total. The number of carbonyl (C=O) groups is 1. The SMILES string of the molecule is CCC(CBr)(CBr)NC(=O)c1ccccc1OC(F)F. The number of alkyl halides is 4. The molecule has 0 spiro atoms. The van der Waals surface area contributed by atoms with Gasteiger partial charge in [0.15, 0.2) is 0 Å². The highest BCUT2D eigenvalue weighted by atomic mass is 79.9. The zero-order valence-corrected chi connectivity index (χ0v) is 14.0. The third-order valence-corrected chi connectivity index (χ3v) is 5.06. The van der Waals surface area contributed by atoms with Gasteiger partial charge in [-0.05, 0) is 18.6 Å². The van der Waals surface area contributed by atoms with Crippen LogP contribution in [0.3, 0.4) is 0 Å². The average Bonchev–Trinajstić information content (AvgIpc) is 2.44. The third kappa shape index (κ3) is 4.41. The Bertz CT molecular complexity index is 445. The van der Waals surface area contributed by atoms with Crippen molar-refractivity contribution in [3.63, 3.8) is 0 Å². The maximum absolute atomic E-state index is 12.3. The number of benzene rings is 1. The van der Waals surface area contributed by atoms with E-state index in [1.54, 1.807) is 6.07 Å². The van der Waals surface area contributed by atoms with Gasteiger partial charge in [-0.25, -0.2) is 0 Å². The molecule has 112 valence electrons. The van der Waals surface area contributed by atoms with Crippen LogP contribution in [0.15, 0.2) is 24.3 Å². The zero-order chi connectivity index (χ0) is 15.2. The van der Waals surface area contributed by atoms with E-state index in [9.17, 15) is 13.6 Å². The van der Waals surface area contributed by atoms with Gasteiger partial charge in [0.05, 0.1) is 11.1 Å². The molecule has 0 radical (unpaired) electrons. The van der Waals surface area contributed by atoms with Crippen LogP contribution >= 0.6 is 31.9 Å². The number of amides is 1. The number of hydrogen-bond acceptors (Lipinski definition) is 2. The predicted molar refractivity (Wildman–Crippen MR) is 81.2 cm³/mol. The molecule has 1 rings (SSSR count). The Labute approximate surface area is 133 Å². The number of halogens is 4. The molecule has 0 aliphatic carbocycles. The van der Waals surface area contributed by atoms with Gasteiger partial charge in [-0.2, -0.15) is 8.78 Å². The van der Waals surface area contributed by atoms with Gasteiger partial charge in [0, 0.05) is 10.7 Å². The maximum atomic E-state index is 12.3. The van der Waals surface area contributed by atoms with Crippen LogP contribution in [-0.4, -0.2) is 28.7 Å². The summed E-state index contributed by atoms with van der Waals surface area (Å²) in [6.07, 6.45) is 0.688. The summed E-state index contributed by atoms with van der Waals surface area (Å²) in [5.41, 5.74) is -0.387. The molecule has 1 aromatic rings. The largest absolute Gasteiger partial charge is 0.434 e. The van der Waals surface area contributed by atoms with Gasteiger partial charge >= 0.3 is 6.61 Å². The van der Waals surface area contributed by atoms with E-state index in [1.165, 1.54) is 18.2 Å². The topological polar surface area (TPSA) is 38.3 Å². The van der Waals surface area contributed by atoms with Gasteiger partial charge in [0.2, 0.25) is 0 Å². The molecule has 0 unspecified atom stereocenters. The van der Waals surface area contributed by atoms with Crippen molar-refractivity contribution in [1.82, 2.24) is 5.32 Å². The highest BCUT2D eigenvalue weighted by molar-refractivity contribution is 9.09. The minimum Gasteiger partial charge on any atom is -0.434 e. The number of ether oxygens (including phenoxy) is 1. The van der Waals surface area contributed by atoms with Crippen LogP contribution in [0.1, 0.15) is 23.7 Å². The molecule has 0 aliphatic heterocycles. The molecule has 7 heteroatoms. The summed E-state index contributed by atoms with van der Waals surface area (Å²) in [7, 11) is 0. The first kappa shape index (κ1) is 17.4. The summed E-state index contributed by atoms with van der Waals surface area (Å²) in [4.78, 5) is 12.3. The standard InChI is InChI=1S/C13H15Br2F2NO2/c1-2-13(7-14,8-15)18-11(19)9-5-3-4-6-10(9)20-12(16)17/h3-6,12H,2,7-8H2,1H3,(H,18,19). The molecule has 1 aromatic carbocycles.